The van der Waals surface area contributed by atoms with Crippen molar-refractivity contribution in [1.29, 1.82) is 0 Å². The molecule has 0 heterocycles. The molecule has 35 heavy (non-hydrogen) atoms. The molecule has 0 fully saturated rings. The molecular formula is C27H33NO7. The van der Waals surface area contributed by atoms with E-state index in [0.717, 1.165) is 21.5 Å². The van der Waals surface area contributed by atoms with E-state index in [1.54, 1.807) is 18.2 Å². The third-order valence-electron chi connectivity index (χ3n) is 4.47. The summed E-state index contributed by atoms with van der Waals surface area (Å²) >= 11 is 0. The second kappa shape index (κ2) is 14.9. The molecule has 4 rings (SSSR count). The van der Waals surface area contributed by atoms with Crippen molar-refractivity contribution >= 4 is 33.5 Å². The highest BCUT2D eigenvalue weighted by molar-refractivity contribution is 5.98. The van der Waals surface area contributed by atoms with E-state index in [0.29, 0.717) is 12.4 Å². The molecule has 0 atom stereocenters. The molecule has 8 nitrogen and oxygen atoms in total. The molecule has 8 heteroatoms. The predicted octanol–water partition coefficient (Wildman–Crippen LogP) is 5.93. The van der Waals surface area contributed by atoms with Gasteiger partial charge in [-0.15, -0.1) is 0 Å². The largest absolute Gasteiger partial charge is 0.507 e. The summed E-state index contributed by atoms with van der Waals surface area (Å²) in [5.74, 6) is -1.85. The van der Waals surface area contributed by atoms with Crippen molar-refractivity contribution in [3.8, 4) is 11.5 Å². The Morgan fingerprint density at radius 3 is 1.49 bits per heavy atom. The molecule has 0 aromatic heterocycles. The lowest BCUT2D eigenvalue weighted by Gasteiger charge is -2.08. The van der Waals surface area contributed by atoms with E-state index < -0.39 is 11.9 Å². The molecule has 0 aliphatic heterocycles. The lowest BCUT2D eigenvalue weighted by atomic mass is 10.1. The molecule has 0 radical (unpaired) electrons. The molecule has 0 unspecified atom stereocenters. The van der Waals surface area contributed by atoms with Gasteiger partial charge in [-0.25, -0.2) is 9.59 Å². The van der Waals surface area contributed by atoms with Gasteiger partial charge in [-0.3, -0.25) is 0 Å². The van der Waals surface area contributed by atoms with Crippen molar-refractivity contribution in [3.05, 3.63) is 83.9 Å². The van der Waals surface area contributed by atoms with Crippen molar-refractivity contribution in [1.82, 2.24) is 6.15 Å². The second-order valence-electron chi connectivity index (χ2n) is 7.16. The molecule has 8 N–H and O–H groups in total. The SMILES string of the molecule is CCC.CCOc1cc2ccccc2cc1C(=O)O.N.O.O=C(O)c1cc2ccccc2cc1O. The Morgan fingerprint density at radius 1 is 0.714 bits per heavy atom. The number of benzene rings is 4. The molecule has 4 aromatic carbocycles. The van der Waals surface area contributed by atoms with Gasteiger partial charge in [-0.2, -0.15) is 0 Å². The highest BCUT2D eigenvalue weighted by atomic mass is 16.5. The van der Waals surface area contributed by atoms with Crippen molar-refractivity contribution in [2.75, 3.05) is 6.61 Å². The van der Waals surface area contributed by atoms with Gasteiger partial charge in [0.15, 0.2) is 0 Å². The number of aromatic carboxylic acids is 2. The van der Waals surface area contributed by atoms with Crippen LogP contribution in [0.25, 0.3) is 21.5 Å². The van der Waals surface area contributed by atoms with E-state index in [2.05, 4.69) is 13.8 Å². The molecule has 0 saturated carbocycles. The van der Waals surface area contributed by atoms with Crippen LogP contribution in [0.2, 0.25) is 0 Å². The first kappa shape index (κ1) is 30.9. The fourth-order valence-corrected chi connectivity index (χ4v) is 3.06. The fourth-order valence-electron chi connectivity index (χ4n) is 3.06. The maximum absolute atomic E-state index is 11.1. The van der Waals surface area contributed by atoms with Crippen molar-refractivity contribution < 1.29 is 35.1 Å². The highest BCUT2D eigenvalue weighted by Crippen LogP contribution is 2.26. The first-order valence-corrected chi connectivity index (χ1v) is 10.7. The third-order valence-corrected chi connectivity index (χ3v) is 4.47. The van der Waals surface area contributed by atoms with Crippen LogP contribution in [0.5, 0.6) is 11.5 Å². The summed E-state index contributed by atoms with van der Waals surface area (Å²) in [6.45, 7) is 6.54. The van der Waals surface area contributed by atoms with Gasteiger partial charge < -0.3 is 31.7 Å². The predicted molar refractivity (Wildman–Crippen MR) is 139 cm³/mol. The summed E-state index contributed by atoms with van der Waals surface area (Å²) in [5.41, 5.74) is 0.143. The van der Waals surface area contributed by atoms with Gasteiger partial charge >= 0.3 is 11.9 Å². The van der Waals surface area contributed by atoms with Crippen LogP contribution >= 0.6 is 0 Å². The molecule has 0 saturated heterocycles. The molecule has 0 bridgehead atoms. The number of rotatable bonds is 4. The number of phenols is 1. The van der Waals surface area contributed by atoms with Crippen molar-refractivity contribution in [2.24, 2.45) is 0 Å². The number of ether oxygens (including phenoxy) is 1. The van der Waals surface area contributed by atoms with Crippen LogP contribution in [0.3, 0.4) is 0 Å². The number of hydrogen-bond acceptors (Lipinski definition) is 5. The Hall–Kier alpha value is -4.14. The van der Waals surface area contributed by atoms with Crippen LogP contribution < -0.4 is 10.9 Å². The zero-order valence-electron chi connectivity index (χ0n) is 20.1. The van der Waals surface area contributed by atoms with Gasteiger partial charge in [0.1, 0.15) is 22.6 Å². The lowest BCUT2D eigenvalue weighted by molar-refractivity contribution is 0.0682. The Kier molecular flexibility index (Phi) is 13.1. The Morgan fingerprint density at radius 2 is 1.09 bits per heavy atom. The minimum atomic E-state index is -1.12. The van der Waals surface area contributed by atoms with Crippen LogP contribution in [0.1, 0.15) is 47.9 Å². The number of hydrogen-bond donors (Lipinski definition) is 4. The summed E-state index contributed by atoms with van der Waals surface area (Å²) < 4.78 is 5.33. The summed E-state index contributed by atoms with van der Waals surface area (Å²) in [5, 5.41) is 30.8. The van der Waals surface area contributed by atoms with Crippen LogP contribution in [-0.4, -0.2) is 39.3 Å². The van der Waals surface area contributed by atoms with E-state index in [4.69, 9.17) is 14.9 Å². The van der Waals surface area contributed by atoms with Crippen LogP contribution in [-0.2, 0) is 0 Å². The molecule has 0 aliphatic carbocycles. The van der Waals surface area contributed by atoms with Crippen LogP contribution in [0.15, 0.2) is 72.8 Å². The summed E-state index contributed by atoms with van der Waals surface area (Å²) in [4.78, 5) is 21.8. The van der Waals surface area contributed by atoms with Gasteiger partial charge in [-0.05, 0) is 52.7 Å². The zero-order valence-corrected chi connectivity index (χ0v) is 20.1. The van der Waals surface area contributed by atoms with Crippen LogP contribution in [0.4, 0.5) is 0 Å². The quantitative estimate of drug-likeness (QED) is 0.278. The molecule has 0 aliphatic rings. The summed E-state index contributed by atoms with van der Waals surface area (Å²) in [6.07, 6.45) is 1.25. The number of carboxylic acids is 2. The van der Waals surface area contributed by atoms with Gasteiger partial charge in [0.05, 0.1) is 6.61 Å². The highest BCUT2D eigenvalue weighted by Gasteiger charge is 2.12. The summed E-state index contributed by atoms with van der Waals surface area (Å²) in [7, 11) is 0. The molecular weight excluding hydrogens is 450 g/mol. The smallest absolute Gasteiger partial charge is 0.339 e. The van der Waals surface area contributed by atoms with Crippen molar-refractivity contribution in [2.45, 2.75) is 27.2 Å². The van der Waals surface area contributed by atoms with Gasteiger partial charge in [0.2, 0.25) is 0 Å². The maximum Gasteiger partial charge on any atom is 0.339 e. The van der Waals surface area contributed by atoms with E-state index in [9.17, 15) is 14.7 Å². The monoisotopic (exact) mass is 483 g/mol. The van der Waals surface area contributed by atoms with Crippen molar-refractivity contribution in [3.63, 3.8) is 0 Å². The topological polar surface area (TPSA) is 171 Å². The van der Waals surface area contributed by atoms with E-state index in [-0.39, 0.29) is 28.5 Å². The molecule has 4 aromatic rings. The third kappa shape index (κ3) is 8.29. The number of fused-ring (bicyclic) bond motifs is 2. The normalized spacial score (nSPS) is 9.34. The molecule has 188 valence electrons. The first-order valence-electron chi connectivity index (χ1n) is 10.7. The van der Waals surface area contributed by atoms with E-state index >= 15 is 0 Å². The average molecular weight is 484 g/mol. The Bertz CT molecular complexity index is 1250. The van der Waals surface area contributed by atoms with Gasteiger partial charge in [0.25, 0.3) is 0 Å². The number of carbonyl (C=O) groups is 2. The molecule has 0 spiro atoms. The first-order chi connectivity index (χ1) is 15.8. The van der Waals surface area contributed by atoms with Gasteiger partial charge in [-0.1, -0.05) is 68.8 Å². The zero-order chi connectivity index (χ0) is 24.4. The minimum absolute atomic E-state index is 0. The second-order valence-corrected chi connectivity index (χ2v) is 7.16. The standard InChI is InChI=1S/C13H12O3.C11H8O3.C3H8.H3N.H2O/c1-2-16-12-8-10-6-4-3-5-9(10)7-11(12)13(14)15;12-10-6-8-4-2-1-3-7(8)5-9(10)11(13)14;1-3-2;;/h3-8H,2H2,1H3,(H,14,15);1-6,12H,(H,13,14);3H2,1-2H3;1H3;1H2. The summed E-state index contributed by atoms with van der Waals surface area (Å²) in [6, 6.07) is 21.2. The Labute approximate surface area is 204 Å². The average Bonchev–Trinajstić information content (AvgIpc) is 2.79. The minimum Gasteiger partial charge on any atom is -0.507 e. The number of aromatic hydroxyl groups is 1. The maximum atomic E-state index is 11.1. The fraction of sp³-hybridized carbons (Fsp3) is 0.185. The number of carboxylic acid groups (broad SMARTS) is 2. The lowest BCUT2D eigenvalue weighted by Crippen LogP contribution is -2.02. The van der Waals surface area contributed by atoms with E-state index in [1.165, 1.54) is 18.6 Å². The van der Waals surface area contributed by atoms with Gasteiger partial charge in [0, 0.05) is 0 Å². The van der Waals surface area contributed by atoms with E-state index in [1.807, 2.05) is 49.4 Å². The molecule has 0 amide bonds. The Balaban J connectivity index is 0.000000568. The van der Waals surface area contributed by atoms with Crippen LogP contribution in [0, 0.1) is 0 Å².